The third-order valence-corrected chi connectivity index (χ3v) is 5.69. The largest absolute Gasteiger partial charge is 0.492 e. The highest BCUT2D eigenvalue weighted by molar-refractivity contribution is 6.35. The molecule has 0 fully saturated rings. The van der Waals surface area contributed by atoms with Crippen LogP contribution < -0.4 is 20.7 Å². The molecule has 3 aromatic carbocycles. The van der Waals surface area contributed by atoms with Gasteiger partial charge in [-0.2, -0.15) is 13.2 Å². The highest BCUT2D eigenvalue weighted by atomic mass is 35.5. The second-order valence-corrected chi connectivity index (χ2v) is 8.75. The van der Waals surface area contributed by atoms with E-state index in [-0.39, 0.29) is 25.4 Å². The van der Waals surface area contributed by atoms with E-state index in [1.54, 1.807) is 24.3 Å². The summed E-state index contributed by atoms with van der Waals surface area (Å²) in [6, 6.07) is 15.5. The molecular formula is C26H20ClF3N4O6. The van der Waals surface area contributed by atoms with Crippen LogP contribution in [0.25, 0.3) is 11.0 Å². The van der Waals surface area contributed by atoms with Crippen LogP contribution in [0.4, 0.5) is 30.2 Å². The van der Waals surface area contributed by atoms with Crippen molar-refractivity contribution in [1.29, 1.82) is 0 Å². The number of nitro groups is 1. The van der Waals surface area contributed by atoms with Gasteiger partial charge in [-0.15, -0.1) is 0 Å². The summed E-state index contributed by atoms with van der Waals surface area (Å²) in [5, 5.41) is 19.8. The number of rotatable bonds is 9. The zero-order valence-electron chi connectivity index (χ0n) is 20.4. The number of hydrogen-bond acceptors (Lipinski definition) is 7. The van der Waals surface area contributed by atoms with E-state index in [1.807, 2.05) is 0 Å². The molecule has 0 aliphatic heterocycles. The average Bonchev–Trinajstić information content (AvgIpc) is 3.32. The van der Waals surface area contributed by atoms with Crippen LogP contribution in [0.5, 0.6) is 5.75 Å². The maximum Gasteiger partial charge on any atom is 0.423 e. The molecular weight excluding hydrogens is 557 g/mol. The molecule has 4 aromatic rings. The lowest BCUT2D eigenvalue weighted by Crippen LogP contribution is -2.41. The number of alkyl halides is 3. The van der Waals surface area contributed by atoms with Crippen LogP contribution in [0.1, 0.15) is 11.3 Å². The average molecular weight is 577 g/mol. The van der Waals surface area contributed by atoms with Crippen LogP contribution >= 0.6 is 11.6 Å². The molecule has 2 amide bonds. The summed E-state index contributed by atoms with van der Waals surface area (Å²) in [6.07, 6.45) is -4.89. The minimum absolute atomic E-state index is 0.00677. The van der Waals surface area contributed by atoms with Crippen molar-refractivity contribution in [2.75, 3.05) is 18.5 Å². The Bertz CT molecular complexity index is 1560. The summed E-state index contributed by atoms with van der Waals surface area (Å²) >= 11 is 5.94. The number of nitrogens with zero attached hydrogens (tertiary/aromatic N) is 1. The number of furan rings is 1. The van der Waals surface area contributed by atoms with Crippen molar-refractivity contribution in [3.05, 3.63) is 93.2 Å². The fraction of sp³-hybridized carbons (Fsp3) is 0.154. The number of amides is 2. The van der Waals surface area contributed by atoms with Crippen LogP contribution in [0.2, 0.25) is 5.02 Å². The first-order valence-electron chi connectivity index (χ1n) is 11.6. The van der Waals surface area contributed by atoms with Crippen LogP contribution in [0.15, 0.2) is 71.1 Å². The third kappa shape index (κ3) is 7.20. The summed E-state index contributed by atoms with van der Waals surface area (Å²) in [5.74, 6) is -0.861. The summed E-state index contributed by atoms with van der Waals surface area (Å²) in [7, 11) is 0. The van der Waals surface area contributed by atoms with E-state index in [2.05, 4.69) is 16.0 Å². The van der Waals surface area contributed by atoms with Gasteiger partial charge in [0.1, 0.15) is 29.3 Å². The van der Waals surface area contributed by atoms with Crippen LogP contribution in [0.3, 0.4) is 0 Å². The van der Waals surface area contributed by atoms with Crippen molar-refractivity contribution in [2.24, 2.45) is 0 Å². The lowest BCUT2D eigenvalue weighted by atomic mass is 10.1. The Balaban J connectivity index is 1.21. The monoisotopic (exact) mass is 576 g/mol. The van der Waals surface area contributed by atoms with Gasteiger partial charge in [0.25, 0.3) is 5.69 Å². The second kappa shape index (κ2) is 11.9. The summed E-state index contributed by atoms with van der Waals surface area (Å²) in [4.78, 5) is 33.9. The Hall–Kier alpha value is -4.78. The number of fused-ring (bicyclic) bond motifs is 1. The second-order valence-electron chi connectivity index (χ2n) is 8.32. The van der Waals surface area contributed by atoms with Gasteiger partial charge in [-0.3, -0.25) is 19.7 Å². The minimum atomic E-state index is -4.89. The molecule has 208 valence electrons. The van der Waals surface area contributed by atoms with Crippen molar-refractivity contribution in [3.8, 4) is 5.75 Å². The molecule has 14 heteroatoms. The fourth-order valence-electron chi connectivity index (χ4n) is 3.62. The van der Waals surface area contributed by atoms with Crippen molar-refractivity contribution in [1.82, 2.24) is 10.6 Å². The molecule has 0 spiro atoms. The Morgan fingerprint density at radius 1 is 0.950 bits per heavy atom. The predicted molar refractivity (Wildman–Crippen MR) is 139 cm³/mol. The maximum atomic E-state index is 13.2. The number of benzene rings is 3. The smallest absolute Gasteiger partial charge is 0.423 e. The molecule has 0 aliphatic carbocycles. The van der Waals surface area contributed by atoms with E-state index in [9.17, 15) is 32.9 Å². The van der Waals surface area contributed by atoms with Crippen LogP contribution in [0, 0.1) is 10.1 Å². The van der Waals surface area contributed by atoms with E-state index in [4.69, 9.17) is 20.8 Å². The molecule has 0 saturated heterocycles. The Labute approximate surface area is 229 Å². The molecule has 40 heavy (non-hydrogen) atoms. The van der Waals surface area contributed by atoms with Crippen LogP contribution in [-0.4, -0.2) is 29.9 Å². The molecule has 0 aliphatic rings. The molecule has 1 aromatic heterocycles. The molecule has 0 saturated carbocycles. The topological polar surface area (TPSA) is 136 Å². The highest BCUT2D eigenvalue weighted by Gasteiger charge is 2.38. The van der Waals surface area contributed by atoms with Crippen LogP contribution in [-0.2, 0) is 22.3 Å². The number of halogens is 4. The number of hydrogen-bond donors (Lipinski definition) is 3. The number of carbonyl (C=O) groups is 2. The number of anilines is 2. The zero-order chi connectivity index (χ0) is 28.9. The molecule has 4 rings (SSSR count). The van der Waals surface area contributed by atoms with E-state index in [0.29, 0.717) is 33.9 Å². The molecule has 10 nitrogen and oxygen atoms in total. The van der Waals surface area contributed by atoms with Crippen molar-refractivity contribution in [3.63, 3.8) is 0 Å². The van der Waals surface area contributed by atoms with Gasteiger partial charge in [-0.05, 0) is 60.7 Å². The van der Waals surface area contributed by atoms with E-state index >= 15 is 0 Å². The molecule has 3 N–H and O–H groups in total. The number of nitrogens with one attached hydrogen (secondary N) is 3. The van der Waals surface area contributed by atoms with Gasteiger partial charge < -0.3 is 25.1 Å². The van der Waals surface area contributed by atoms with Crippen molar-refractivity contribution < 1.29 is 36.8 Å². The summed E-state index contributed by atoms with van der Waals surface area (Å²) < 4.78 is 50.6. The first kappa shape index (κ1) is 28.2. The molecule has 1 heterocycles. The Kier molecular flexibility index (Phi) is 8.43. The lowest BCUT2D eigenvalue weighted by molar-refractivity contribution is -0.388. The van der Waals surface area contributed by atoms with Gasteiger partial charge in [0.15, 0.2) is 0 Å². The lowest BCUT2D eigenvalue weighted by Gasteiger charge is -2.12. The fourth-order valence-corrected chi connectivity index (χ4v) is 3.80. The van der Waals surface area contributed by atoms with Crippen molar-refractivity contribution in [2.45, 2.75) is 12.7 Å². The van der Waals surface area contributed by atoms with Gasteiger partial charge in [-0.1, -0.05) is 11.6 Å². The SMILES string of the molecule is O=C(NCCOc1ccc(Nc2ccc([N+](=O)[O-])c(C(F)(F)F)c2)cc1)C(=O)NCc1cc2cc(Cl)ccc2o1. The normalized spacial score (nSPS) is 11.2. The predicted octanol–water partition coefficient (Wildman–Crippen LogP) is 5.57. The van der Waals surface area contributed by atoms with Gasteiger partial charge in [0.2, 0.25) is 0 Å². The number of carbonyl (C=O) groups excluding carboxylic acids is 2. The van der Waals surface area contributed by atoms with Gasteiger partial charge in [0.05, 0.1) is 18.0 Å². The molecule has 0 radical (unpaired) electrons. The Morgan fingerprint density at radius 3 is 2.35 bits per heavy atom. The van der Waals surface area contributed by atoms with E-state index < -0.39 is 34.2 Å². The standard InChI is InChI=1S/C26H20ClF3N4O6/c27-16-1-8-23-15(11-16)12-20(40-23)14-32-25(36)24(35)31-9-10-39-19-5-2-17(3-6-19)33-18-4-7-22(34(37)38)21(13-18)26(28,29)30/h1-8,11-13,33H,9-10,14H2,(H,31,35)(H,32,36). The van der Waals surface area contributed by atoms with Gasteiger partial charge in [0, 0.05) is 27.8 Å². The quantitative estimate of drug-likeness (QED) is 0.103. The van der Waals surface area contributed by atoms with E-state index in [1.165, 1.54) is 30.3 Å². The van der Waals surface area contributed by atoms with Gasteiger partial charge in [-0.25, -0.2) is 0 Å². The number of nitro benzene ring substituents is 1. The van der Waals surface area contributed by atoms with Crippen molar-refractivity contribution >= 4 is 51.4 Å². The molecule has 0 atom stereocenters. The Morgan fingerprint density at radius 2 is 1.65 bits per heavy atom. The number of ether oxygens (including phenoxy) is 1. The maximum absolute atomic E-state index is 13.2. The summed E-state index contributed by atoms with van der Waals surface area (Å²) in [6.45, 7) is 0.0681. The third-order valence-electron chi connectivity index (χ3n) is 5.46. The van der Waals surface area contributed by atoms with E-state index in [0.717, 1.165) is 11.5 Å². The first-order chi connectivity index (χ1) is 19.0. The zero-order valence-corrected chi connectivity index (χ0v) is 21.1. The minimum Gasteiger partial charge on any atom is -0.492 e. The highest BCUT2D eigenvalue weighted by Crippen LogP contribution is 2.38. The molecule has 0 bridgehead atoms. The molecule has 0 unspecified atom stereocenters. The first-order valence-corrected chi connectivity index (χ1v) is 12.0. The summed E-state index contributed by atoms with van der Waals surface area (Å²) in [5.41, 5.74) is -1.38. The van der Waals surface area contributed by atoms with Gasteiger partial charge >= 0.3 is 18.0 Å².